The lowest BCUT2D eigenvalue weighted by molar-refractivity contribution is -0.148. The number of ether oxygens (including phenoxy) is 2. The van der Waals surface area contributed by atoms with E-state index in [2.05, 4.69) is 4.74 Å². The molecule has 0 N–H and O–H groups in total. The van der Waals surface area contributed by atoms with Gasteiger partial charge < -0.3 is 9.47 Å². The lowest BCUT2D eigenvalue weighted by Crippen LogP contribution is -2.45. The van der Waals surface area contributed by atoms with Crippen LogP contribution in [0.2, 0.25) is 0 Å². The first kappa shape index (κ1) is 14.6. The van der Waals surface area contributed by atoms with Gasteiger partial charge in [0.15, 0.2) is 17.4 Å². The Kier molecular flexibility index (Phi) is 3.87. The molecule has 1 fully saturated rings. The van der Waals surface area contributed by atoms with Crippen molar-refractivity contribution < 1.29 is 31.8 Å². The molecule has 3 nitrogen and oxygen atoms in total. The van der Waals surface area contributed by atoms with Crippen molar-refractivity contribution in [1.82, 2.24) is 0 Å². The summed E-state index contributed by atoms with van der Waals surface area (Å²) in [4.78, 5) is 11.3. The number of benzene rings is 1. The van der Waals surface area contributed by atoms with Crippen molar-refractivity contribution in [2.24, 2.45) is 0 Å². The lowest BCUT2D eigenvalue weighted by Gasteiger charge is -2.41. The average molecular weight is 292 g/mol. The monoisotopic (exact) mass is 292 g/mol. The molecule has 1 aromatic rings. The van der Waals surface area contributed by atoms with Gasteiger partial charge in [-0.3, -0.25) is 4.79 Å². The zero-order chi connectivity index (χ0) is 14.9. The second-order valence-corrected chi connectivity index (χ2v) is 4.69. The Balaban J connectivity index is 2.31. The molecule has 0 aromatic heterocycles. The minimum absolute atomic E-state index is 0.102. The van der Waals surface area contributed by atoms with Gasteiger partial charge >= 0.3 is 5.97 Å². The van der Waals surface area contributed by atoms with Crippen molar-refractivity contribution in [3.63, 3.8) is 0 Å². The molecule has 0 aliphatic heterocycles. The maximum atomic E-state index is 13.5. The quantitative estimate of drug-likeness (QED) is 0.486. The SMILES string of the molecule is COC(=O)CC1(Oc2c(F)c(F)cc(F)c2F)CCC1. The second kappa shape index (κ2) is 5.30. The number of rotatable bonds is 4. The molecule has 20 heavy (non-hydrogen) atoms. The summed E-state index contributed by atoms with van der Waals surface area (Å²) >= 11 is 0. The van der Waals surface area contributed by atoms with Crippen LogP contribution in [-0.4, -0.2) is 18.7 Å². The van der Waals surface area contributed by atoms with Gasteiger partial charge in [0.1, 0.15) is 5.60 Å². The van der Waals surface area contributed by atoms with E-state index in [4.69, 9.17) is 4.74 Å². The zero-order valence-corrected chi connectivity index (χ0v) is 10.6. The van der Waals surface area contributed by atoms with Crippen LogP contribution in [0, 0.1) is 23.3 Å². The molecule has 1 aromatic carbocycles. The van der Waals surface area contributed by atoms with Gasteiger partial charge in [-0.15, -0.1) is 0 Å². The van der Waals surface area contributed by atoms with Gasteiger partial charge in [0.25, 0.3) is 0 Å². The van der Waals surface area contributed by atoms with Crippen LogP contribution in [-0.2, 0) is 9.53 Å². The van der Waals surface area contributed by atoms with Gasteiger partial charge in [-0.1, -0.05) is 0 Å². The summed E-state index contributed by atoms with van der Waals surface area (Å²) < 4.78 is 62.8. The fraction of sp³-hybridized carbons (Fsp3) is 0.462. The minimum atomic E-state index is -1.61. The van der Waals surface area contributed by atoms with Crippen molar-refractivity contribution in [1.29, 1.82) is 0 Å². The topological polar surface area (TPSA) is 35.5 Å². The van der Waals surface area contributed by atoms with E-state index in [-0.39, 0.29) is 12.5 Å². The van der Waals surface area contributed by atoms with E-state index in [1.165, 1.54) is 0 Å². The Bertz CT molecular complexity index is 515. The van der Waals surface area contributed by atoms with Crippen LogP contribution < -0.4 is 4.74 Å². The molecule has 0 bridgehead atoms. The largest absolute Gasteiger partial charge is 0.480 e. The average Bonchev–Trinajstić information content (AvgIpc) is 2.38. The zero-order valence-electron chi connectivity index (χ0n) is 10.6. The third-order valence-electron chi connectivity index (χ3n) is 3.35. The first-order valence-corrected chi connectivity index (χ1v) is 5.97. The normalized spacial score (nSPS) is 16.4. The van der Waals surface area contributed by atoms with Crippen LogP contribution in [0.3, 0.4) is 0 Å². The van der Waals surface area contributed by atoms with E-state index in [0.717, 1.165) is 7.11 Å². The molecule has 1 aliphatic rings. The fourth-order valence-corrected chi connectivity index (χ4v) is 2.08. The van der Waals surface area contributed by atoms with E-state index >= 15 is 0 Å². The lowest BCUT2D eigenvalue weighted by atomic mass is 9.77. The van der Waals surface area contributed by atoms with Crippen LogP contribution in [0.25, 0.3) is 0 Å². The Labute approximate surface area is 112 Å². The van der Waals surface area contributed by atoms with Crippen LogP contribution in [0.1, 0.15) is 25.7 Å². The number of esters is 1. The molecular weight excluding hydrogens is 280 g/mol. The first-order chi connectivity index (χ1) is 9.38. The Morgan fingerprint density at radius 2 is 1.75 bits per heavy atom. The third-order valence-corrected chi connectivity index (χ3v) is 3.35. The summed E-state index contributed by atoms with van der Waals surface area (Å²) in [5, 5.41) is 0. The predicted molar refractivity (Wildman–Crippen MR) is 60.1 cm³/mol. The molecule has 0 saturated heterocycles. The Morgan fingerprint density at radius 1 is 1.20 bits per heavy atom. The van der Waals surface area contributed by atoms with E-state index in [1.807, 2.05) is 0 Å². The number of hydrogen-bond acceptors (Lipinski definition) is 3. The second-order valence-electron chi connectivity index (χ2n) is 4.69. The predicted octanol–water partition coefficient (Wildman–Crippen LogP) is 3.11. The van der Waals surface area contributed by atoms with Crippen LogP contribution in [0.15, 0.2) is 6.07 Å². The number of carbonyl (C=O) groups is 1. The Hall–Kier alpha value is -1.79. The van der Waals surface area contributed by atoms with Crippen LogP contribution in [0.4, 0.5) is 17.6 Å². The maximum absolute atomic E-state index is 13.5. The molecule has 1 aliphatic carbocycles. The molecule has 1 saturated carbocycles. The smallest absolute Gasteiger partial charge is 0.309 e. The maximum Gasteiger partial charge on any atom is 0.309 e. The molecule has 110 valence electrons. The molecule has 0 amide bonds. The van der Waals surface area contributed by atoms with Crippen LogP contribution in [0.5, 0.6) is 5.75 Å². The molecule has 0 unspecified atom stereocenters. The van der Waals surface area contributed by atoms with E-state index in [9.17, 15) is 22.4 Å². The number of methoxy groups -OCH3 is 1. The summed E-state index contributed by atoms with van der Waals surface area (Å²) in [6.07, 6.45) is 1.14. The highest BCUT2D eigenvalue weighted by molar-refractivity contribution is 5.70. The van der Waals surface area contributed by atoms with Crippen molar-refractivity contribution in [2.45, 2.75) is 31.3 Å². The van der Waals surface area contributed by atoms with Gasteiger partial charge in [-0.05, 0) is 19.3 Å². The van der Waals surface area contributed by atoms with Gasteiger partial charge in [0, 0.05) is 6.07 Å². The molecule has 2 rings (SSSR count). The standard InChI is InChI=1S/C13H12F4O3/c1-19-9(18)6-13(3-2-4-13)20-12-10(16)7(14)5-8(15)11(12)17/h5H,2-4,6H2,1H3. The van der Waals surface area contributed by atoms with Crippen molar-refractivity contribution in [3.05, 3.63) is 29.3 Å². The summed E-state index contributed by atoms with van der Waals surface area (Å²) in [5.41, 5.74) is -1.17. The highest BCUT2D eigenvalue weighted by atomic mass is 19.2. The van der Waals surface area contributed by atoms with Crippen LogP contribution >= 0.6 is 0 Å². The molecule has 0 radical (unpaired) electrons. The number of halogens is 4. The molecule has 0 atom stereocenters. The van der Waals surface area contributed by atoms with Gasteiger partial charge in [-0.2, -0.15) is 8.78 Å². The van der Waals surface area contributed by atoms with E-state index in [1.54, 1.807) is 0 Å². The molecule has 0 spiro atoms. The van der Waals surface area contributed by atoms with Gasteiger partial charge in [-0.25, -0.2) is 8.78 Å². The number of carbonyl (C=O) groups excluding carboxylic acids is 1. The fourth-order valence-electron chi connectivity index (χ4n) is 2.08. The van der Waals surface area contributed by atoms with Crippen molar-refractivity contribution in [2.75, 3.05) is 7.11 Å². The highest BCUT2D eigenvalue weighted by Crippen LogP contribution is 2.41. The third kappa shape index (κ3) is 2.57. The summed E-state index contributed by atoms with van der Waals surface area (Å²) in [6, 6.07) is 0.102. The van der Waals surface area contributed by atoms with Crippen molar-refractivity contribution >= 4 is 5.97 Å². The van der Waals surface area contributed by atoms with E-state index < -0.39 is 40.6 Å². The Morgan fingerprint density at radius 3 is 2.15 bits per heavy atom. The number of hydrogen-bond donors (Lipinski definition) is 0. The van der Waals surface area contributed by atoms with Crippen molar-refractivity contribution in [3.8, 4) is 5.75 Å². The minimum Gasteiger partial charge on any atom is -0.480 e. The molecule has 7 heteroatoms. The van der Waals surface area contributed by atoms with Gasteiger partial charge in [0.05, 0.1) is 13.5 Å². The van der Waals surface area contributed by atoms with E-state index in [0.29, 0.717) is 19.3 Å². The highest BCUT2D eigenvalue weighted by Gasteiger charge is 2.43. The van der Waals surface area contributed by atoms with Gasteiger partial charge in [0.2, 0.25) is 11.6 Å². The first-order valence-electron chi connectivity index (χ1n) is 5.97. The summed E-state index contributed by atoms with van der Waals surface area (Å²) in [7, 11) is 1.16. The molecular formula is C13H12F4O3. The summed E-state index contributed by atoms with van der Waals surface area (Å²) in [5.74, 6) is -8.08. The summed E-state index contributed by atoms with van der Waals surface area (Å²) in [6.45, 7) is 0. The molecule has 0 heterocycles.